The SMILES string of the molecule is CCCCc1cc(I)cc(C(C)CF)c1. The first-order chi connectivity index (χ1) is 7.17. The number of unbranched alkanes of at least 4 members (excludes halogenated alkanes) is 1. The Bertz CT molecular complexity index is 309. The molecule has 0 aliphatic rings. The van der Waals surface area contributed by atoms with Crippen molar-refractivity contribution in [2.24, 2.45) is 0 Å². The highest BCUT2D eigenvalue weighted by Crippen LogP contribution is 2.21. The fraction of sp³-hybridized carbons (Fsp3) is 0.538. The van der Waals surface area contributed by atoms with Gasteiger partial charge in [-0.1, -0.05) is 26.3 Å². The molecule has 0 aliphatic heterocycles. The number of rotatable bonds is 5. The van der Waals surface area contributed by atoms with E-state index in [9.17, 15) is 4.39 Å². The molecule has 1 rings (SSSR count). The molecule has 1 aromatic carbocycles. The van der Waals surface area contributed by atoms with Crippen LogP contribution in [0.15, 0.2) is 18.2 Å². The first kappa shape index (κ1) is 12.9. The van der Waals surface area contributed by atoms with Crippen molar-refractivity contribution in [3.05, 3.63) is 32.9 Å². The van der Waals surface area contributed by atoms with Gasteiger partial charge in [-0.2, -0.15) is 0 Å². The Labute approximate surface area is 105 Å². The van der Waals surface area contributed by atoms with Gasteiger partial charge in [0.1, 0.15) is 0 Å². The maximum absolute atomic E-state index is 12.6. The zero-order valence-corrected chi connectivity index (χ0v) is 11.6. The summed E-state index contributed by atoms with van der Waals surface area (Å²) in [5, 5.41) is 0. The molecule has 0 saturated carbocycles. The first-order valence-electron chi connectivity index (χ1n) is 5.52. The number of halogens is 2. The Morgan fingerprint density at radius 2 is 2.07 bits per heavy atom. The molecule has 0 bridgehead atoms. The van der Waals surface area contributed by atoms with Crippen LogP contribution in [0.25, 0.3) is 0 Å². The van der Waals surface area contributed by atoms with Gasteiger partial charge in [-0.15, -0.1) is 0 Å². The second kappa shape index (κ2) is 6.46. The molecule has 0 aromatic heterocycles. The van der Waals surface area contributed by atoms with Crippen molar-refractivity contribution in [2.75, 3.05) is 6.67 Å². The Morgan fingerprint density at radius 1 is 1.33 bits per heavy atom. The molecule has 0 N–H and O–H groups in total. The largest absolute Gasteiger partial charge is 0.250 e. The number of aryl methyl sites for hydroxylation is 1. The molecule has 0 fully saturated rings. The molecule has 15 heavy (non-hydrogen) atoms. The van der Waals surface area contributed by atoms with E-state index in [1.165, 1.54) is 22.0 Å². The predicted molar refractivity (Wildman–Crippen MR) is 72.2 cm³/mol. The van der Waals surface area contributed by atoms with Crippen LogP contribution in [0, 0.1) is 3.57 Å². The van der Waals surface area contributed by atoms with Crippen LogP contribution in [0.3, 0.4) is 0 Å². The van der Waals surface area contributed by atoms with Crippen LogP contribution in [-0.4, -0.2) is 6.67 Å². The van der Waals surface area contributed by atoms with Gasteiger partial charge in [0.15, 0.2) is 0 Å². The second-order valence-electron chi connectivity index (χ2n) is 4.05. The van der Waals surface area contributed by atoms with Gasteiger partial charge in [-0.05, 0) is 58.7 Å². The van der Waals surface area contributed by atoms with Gasteiger partial charge in [0, 0.05) is 9.49 Å². The second-order valence-corrected chi connectivity index (χ2v) is 5.30. The third kappa shape index (κ3) is 4.09. The lowest BCUT2D eigenvalue weighted by Crippen LogP contribution is -1.98. The molecule has 0 heterocycles. The van der Waals surface area contributed by atoms with Gasteiger partial charge < -0.3 is 0 Å². The van der Waals surface area contributed by atoms with Gasteiger partial charge in [0.2, 0.25) is 0 Å². The summed E-state index contributed by atoms with van der Waals surface area (Å²) in [5.41, 5.74) is 2.48. The maximum atomic E-state index is 12.6. The molecule has 1 unspecified atom stereocenters. The first-order valence-corrected chi connectivity index (χ1v) is 6.60. The van der Waals surface area contributed by atoms with Crippen LogP contribution in [0.1, 0.15) is 43.7 Å². The van der Waals surface area contributed by atoms with E-state index in [0.29, 0.717) is 0 Å². The molecule has 0 radical (unpaired) electrons. The quantitative estimate of drug-likeness (QED) is 0.690. The van der Waals surface area contributed by atoms with Crippen LogP contribution < -0.4 is 0 Å². The smallest absolute Gasteiger partial charge is 0.0960 e. The number of hydrogen-bond donors (Lipinski definition) is 0. The summed E-state index contributed by atoms with van der Waals surface area (Å²) in [6.07, 6.45) is 3.53. The van der Waals surface area contributed by atoms with Crippen molar-refractivity contribution in [2.45, 2.75) is 39.0 Å². The normalized spacial score (nSPS) is 12.8. The highest BCUT2D eigenvalue weighted by molar-refractivity contribution is 14.1. The third-order valence-electron chi connectivity index (χ3n) is 2.60. The van der Waals surface area contributed by atoms with E-state index in [1.807, 2.05) is 6.92 Å². The predicted octanol–water partition coefficient (Wildman–Crippen LogP) is 4.71. The van der Waals surface area contributed by atoms with E-state index in [1.54, 1.807) is 0 Å². The van der Waals surface area contributed by atoms with Crippen LogP contribution in [-0.2, 0) is 6.42 Å². The molecule has 0 spiro atoms. The molecular formula is C13H18FI. The summed E-state index contributed by atoms with van der Waals surface area (Å²) < 4.78 is 13.8. The van der Waals surface area contributed by atoms with E-state index in [-0.39, 0.29) is 12.6 Å². The minimum absolute atomic E-state index is 0.0279. The zero-order valence-electron chi connectivity index (χ0n) is 9.39. The Hall–Kier alpha value is -0.120. The Kier molecular flexibility index (Phi) is 5.58. The summed E-state index contributed by atoms with van der Waals surface area (Å²) in [4.78, 5) is 0. The van der Waals surface area contributed by atoms with Crippen LogP contribution in [0.5, 0.6) is 0 Å². The van der Waals surface area contributed by atoms with Gasteiger partial charge >= 0.3 is 0 Å². The summed E-state index contributed by atoms with van der Waals surface area (Å²) >= 11 is 2.31. The minimum Gasteiger partial charge on any atom is -0.250 e. The maximum Gasteiger partial charge on any atom is 0.0960 e. The zero-order chi connectivity index (χ0) is 11.3. The van der Waals surface area contributed by atoms with Crippen molar-refractivity contribution in [1.29, 1.82) is 0 Å². The monoisotopic (exact) mass is 320 g/mol. The molecule has 1 atom stereocenters. The third-order valence-corrected chi connectivity index (χ3v) is 3.22. The molecular weight excluding hydrogens is 302 g/mol. The van der Waals surface area contributed by atoms with Gasteiger partial charge in [-0.25, -0.2) is 0 Å². The number of benzene rings is 1. The van der Waals surface area contributed by atoms with Crippen molar-refractivity contribution >= 4 is 22.6 Å². The van der Waals surface area contributed by atoms with Crippen molar-refractivity contribution in [3.8, 4) is 0 Å². The van der Waals surface area contributed by atoms with Crippen LogP contribution in [0.4, 0.5) is 4.39 Å². The average Bonchev–Trinajstić information content (AvgIpc) is 2.24. The lowest BCUT2D eigenvalue weighted by molar-refractivity contribution is 0.447. The van der Waals surface area contributed by atoms with E-state index in [2.05, 4.69) is 47.7 Å². The number of alkyl halides is 1. The molecule has 1 aromatic rings. The van der Waals surface area contributed by atoms with Crippen molar-refractivity contribution < 1.29 is 4.39 Å². The van der Waals surface area contributed by atoms with Gasteiger partial charge in [0.05, 0.1) is 6.67 Å². The van der Waals surface area contributed by atoms with Crippen LogP contribution >= 0.6 is 22.6 Å². The lowest BCUT2D eigenvalue weighted by Gasteiger charge is -2.10. The Morgan fingerprint density at radius 3 is 2.67 bits per heavy atom. The summed E-state index contributed by atoms with van der Waals surface area (Å²) in [5.74, 6) is 0.0279. The summed E-state index contributed by atoms with van der Waals surface area (Å²) in [6, 6.07) is 6.44. The van der Waals surface area contributed by atoms with E-state index in [4.69, 9.17) is 0 Å². The Balaban J connectivity index is 2.84. The summed E-state index contributed by atoms with van der Waals surface area (Å²) in [7, 11) is 0. The fourth-order valence-corrected chi connectivity index (χ4v) is 2.33. The van der Waals surface area contributed by atoms with E-state index < -0.39 is 0 Å². The molecule has 0 amide bonds. The molecule has 84 valence electrons. The van der Waals surface area contributed by atoms with Crippen molar-refractivity contribution in [1.82, 2.24) is 0 Å². The fourth-order valence-electron chi connectivity index (χ4n) is 1.57. The molecule has 0 nitrogen and oxygen atoms in total. The molecule has 0 saturated heterocycles. The van der Waals surface area contributed by atoms with Crippen LogP contribution in [0.2, 0.25) is 0 Å². The topological polar surface area (TPSA) is 0 Å². The van der Waals surface area contributed by atoms with Gasteiger partial charge in [0.25, 0.3) is 0 Å². The molecule has 2 heteroatoms. The highest BCUT2D eigenvalue weighted by Gasteiger charge is 2.07. The average molecular weight is 320 g/mol. The number of hydrogen-bond acceptors (Lipinski definition) is 0. The highest BCUT2D eigenvalue weighted by atomic mass is 127. The standard InChI is InChI=1S/C13H18FI/c1-3-4-5-11-6-12(10(2)9-14)8-13(15)7-11/h6-8,10H,3-5,9H2,1-2H3. The lowest BCUT2D eigenvalue weighted by atomic mass is 9.98. The summed E-state index contributed by atoms with van der Waals surface area (Å²) in [6.45, 7) is 3.86. The van der Waals surface area contributed by atoms with Gasteiger partial charge in [-0.3, -0.25) is 4.39 Å². The minimum atomic E-state index is -0.271. The van der Waals surface area contributed by atoms with E-state index in [0.717, 1.165) is 12.0 Å². The van der Waals surface area contributed by atoms with Crippen molar-refractivity contribution in [3.63, 3.8) is 0 Å². The molecule has 0 aliphatic carbocycles. The van der Waals surface area contributed by atoms with E-state index >= 15 is 0 Å².